The van der Waals surface area contributed by atoms with Gasteiger partial charge < -0.3 is 24.5 Å². The summed E-state index contributed by atoms with van der Waals surface area (Å²) in [5.41, 5.74) is -1.87. The Labute approximate surface area is 164 Å². The van der Waals surface area contributed by atoms with Crippen LogP contribution in [-0.4, -0.2) is 53.0 Å². The van der Waals surface area contributed by atoms with E-state index in [9.17, 15) is 19.8 Å². The van der Waals surface area contributed by atoms with Gasteiger partial charge in [-0.25, -0.2) is 0 Å². The number of hydrogen-bond donors (Lipinski definition) is 2. The Balaban J connectivity index is 4.67. The molecular formula is C21H40O6. The maximum Gasteiger partial charge on any atom is 0.309 e. The van der Waals surface area contributed by atoms with Crippen LogP contribution in [0.25, 0.3) is 0 Å². The third-order valence-corrected chi connectivity index (χ3v) is 5.57. The summed E-state index contributed by atoms with van der Waals surface area (Å²) in [6, 6.07) is 0. The molecule has 0 radical (unpaired) electrons. The minimum atomic E-state index is -1.47. The molecule has 0 aliphatic heterocycles. The zero-order valence-corrected chi connectivity index (χ0v) is 18.2. The van der Waals surface area contributed by atoms with Crippen LogP contribution in [0.4, 0.5) is 0 Å². The predicted octanol–water partition coefficient (Wildman–Crippen LogP) is 3.27. The Morgan fingerprint density at radius 2 is 1.78 bits per heavy atom. The lowest BCUT2D eigenvalue weighted by Crippen LogP contribution is -2.51. The monoisotopic (exact) mass is 388 g/mol. The van der Waals surface area contributed by atoms with Crippen LogP contribution in [0.5, 0.6) is 0 Å². The van der Waals surface area contributed by atoms with E-state index in [1.807, 2.05) is 20.8 Å². The van der Waals surface area contributed by atoms with Gasteiger partial charge in [0.05, 0.1) is 17.6 Å². The van der Waals surface area contributed by atoms with Gasteiger partial charge in [0.1, 0.15) is 18.0 Å². The molecule has 2 unspecified atom stereocenters. The van der Waals surface area contributed by atoms with Crippen LogP contribution < -0.4 is 0 Å². The topological polar surface area (TPSA) is 93.1 Å². The number of rotatable bonds is 14. The molecule has 0 aliphatic carbocycles. The summed E-state index contributed by atoms with van der Waals surface area (Å²) in [5, 5.41) is 20.5. The predicted molar refractivity (Wildman–Crippen MR) is 105 cm³/mol. The minimum absolute atomic E-state index is 0.0742. The standard InChI is InChI=1S/C21H40O6/c1-8-17(23)21(6,25)18(9-2)27-19(24)16(4)11-10-12-20(5,26-7)13-15(3)14-22/h14-18,23,25H,8-13H2,1-7H3/t15-,16?,17?,18-,20+,21+/m1/s1. The maximum atomic E-state index is 12.4. The minimum Gasteiger partial charge on any atom is -0.459 e. The van der Waals surface area contributed by atoms with Crippen molar-refractivity contribution in [3.63, 3.8) is 0 Å². The fraction of sp³-hybridized carbons (Fsp3) is 0.905. The molecule has 6 nitrogen and oxygen atoms in total. The number of esters is 1. The van der Waals surface area contributed by atoms with Crippen LogP contribution in [0.1, 0.15) is 80.1 Å². The third-order valence-electron chi connectivity index (χ3n) is 5.57. The van der Waals surface area contributed by atoms with Gasteiger partial charge in [-0.05, 0) is 52.4 Å². The molecule has 2 N–H and O–H groups in total. The van der Waals surface area contributed by atoms with Crippen molar-refractivity contribution < 1.29 is 29.3 Å². The maximum absolute atomic E-state index is 12.4. The Bertz CT molecular complexity index is 450. The van der Waals surface area contributed by atoms with E-state index >= 15 is 0 Å². The number of hydrogen-bond acceptors (Lipinski definition) is 6. The highest BCUT2D eigenvalue weighted by molar-refractivity contribution is 5.72. The van der Waals surface area contributed by atoms with Crippen molar-refractivity contribution in [1.82, 2.24) is 0 Å². The van der Waals surface area contributed by atoms with Crippen molar-refractivity contribution in [2.24, 2.45) is 11.8 Å². The summed E-state index contributed by atoms with van der Waals surface area (Å²) in [7, 11) is 1.64. The molecule has 0 rings (SSSR count). The number of carbonyl (C=O) groups excluding carboxylic acids is 2. The van der Waals surface area contributed by atoms with E-state index in [0.717, 1.165) is 19.1 Å². The average Bonchev–Trinajstić information content (AvgIpc) is 2.64. The largest absolute Gasteiger partial charge is 0.459 e. The van der Waals surface area contributed by atoms with E-state index in [-0.39, 0.29) is 17.8 Å². The second-order valence-corrected chi connectivity index (χ2v) is 8.25. The van der Waals surface area contributed by atoms with Gasteiger partial charge in [-0.2, -0.15) is 0 Å². The van der Waals surface area contributed by atoms with Gasteiger partial charge in [-0.1, -0.05) is 27.7 Å². The Morgan fingerprint density at radius 3 is 2.22 bits per heavy atom. The van der Waals surface area contributed by atoms with Crippen molar-refractivity contribution in [2.75, 3.05) is 7.11 Å². The Hall–Kier alpha value is -0.980. The van der Waals surface area contributed by atoms with Crippen LogP contribution in [-0.2, 0) is 19.1 Å². The van der Waals surface area contributed by atoms with E-state index < -0.39 is 23.4 Å². The summed E-state index contributed by atoms with van der Waals surface area (Å²) in [4.78, 5) is 23.3. The van der Waals surface area contributed by atoms with E-state index in [1.165, 1.54) is 6.92 Å². The molecule has 0 spiro atoms. The second kappa shape index (κ2) is 11.8. The first kappa shape index (κ1) is 26.0. The van der Waals surface area contributed by atoms with Crippen molar-refractivity contribution in [3.05, 3.63) is 0 Å². The van der Waals surface area contributed by atoms with Crippen molar-refractivity contribution in [1.29, 1.82) is 0 Å². The molecule has 0 aromatic heterocycles. The fourth-order valence-electron chi connectivity index (χ4n) is 3.42. The highest BCUT2D eigenvalue weighted by Crippen LogP contribution is 2.28. The lowest BCUT2D eigenvalue weighted by Gasteiger charge is -2.36. The van der Waals surface area contributed by atoms with Gasteiger partial charge in [-0.3, -0.25) is 4.79 Å². The summed E-state index contributed by atoms with van der Waals surface area (Å²) in [6.07, 6.45) is 2.80. The lowest BCUT2D eigenvalue weighted by atomic mass is 9.87. The van der Waals surface area contributed by atoms with E-state index in [2.05, 4.69) is 0 Å². The molecule has 0 aromatic carbocycles. The van der Waals surface area contributed by atoms with Crippen LogP contribution in [0.2, 0.25) is 0 Å². The van der Waals surface area contributed by atoms with E-state index in [4.69, 9.17) is 9.47 Å². The highest BCUT2D eigenvalue weighted by Gasteiger charge is 2.40. The van der Waals surface area contributed by atoms with Gasteiger partial charge >= 0.3 is 5.97 Å². The van der Waals surface area contributed by atoms with Crippen LogP contribution in [0.3, 0.4) is 0 Å². The average molecular weight is 389 g/mol. The zero-order valence-electron chi connectivity index (χ0n) is 18.2. The van der Waals surface area contributed by atoms with Crippen LogP contribution in [0.15, 0.2) is 0 Å². The zero-order chi connectivity index (χ0) is 21.3. The SMILES string of the molecule is CCC(O)[C@](C)(O)[C@@H](CC)OC(=O)C(C)CCC[C@@](C)(C[C@@H](C)C=O)OC. The summed E-state index contributed by atoms with van der Waals surface area (Å²) >= 11 is 0. The first-order valence-electron chi connectivity index (χ1n) is 10.1. The molecule has 27 heavy (non-hydrogen) atoms. The molecule has 0 fully saturated rings. The lowest BCUT2D eigenvalue weighted by molar-refractivity contribution is -0.183. The van der Waals surface area contributed by atoms with Gasteiger partial charge in [0.15, 0.2) is 0 Å². The molecular weight excluding hydrogens is 348 g/mol. The van der Waals surface area contributed by atoms with Crippen LogP contribution in [0, 0.1) is 11.8 Å². The molecule has 0 saturated carbocycles. The molecule has 160 valence electrons. The molecule has 0 amide bonds. The van der Waals surface area contributed by atoms with Crippen molar-refractivity contribution >= 4 is 12.3 Å². The number of aldehydes is 1. The summed E-state index contributed by atoms with van der Waals surface area (Å²) in [6.45, 7) is 10.7. The fourth-order valence-corrected chi connectivity index (χ4v) is 3.42. The molecule has 0 bridgehead atoms. The first-order chi connectivity index (χ1) is 12.5. The van der Waals surface area contributed by atoms with Gasteiger partial charge in [0.2, 0.25) is 0 Å². The van der Waals surface area contributed by atoms with Crippen molar-refractivity contribution in [2.45, 2.75) is 103 Å². The van der Waals surface area contributed by atoms with Crippen LogP contribution >= 0.6 is 0 Å². The first-order valence-corrected chi connectivity index (χ1v) is 10.1. The molecule has 0 aromatic rings. The highest BCUT2D eigenvalue weighted by atomic mass is 16.6. The van der Waals surface area contributed by atoms with Gasteiger partial charge in [-0.15, -0.1) is 0 Å². The molecule has 6 heteroatoms. The Morgan fingerprint density at radius 1 is 1.19 bits per heavy atom. The number of ether oxygens (including phenoxy) is 2. The number of aliphatic hydroxyl groups excluding tert-OH is 1. The molecule has 6 atom stereocenters. The Kier molecular flexibility index (Phi) is 11.3. The van der Waals surface area contributed by atoms with E-state index in [0.29, 0.717) is 25.7 Å². The molecule has 0 aliphatic rings. The van der Waals surface area contributed by atoms with Crippen molar-refractivity contribution in [3.8, 4) is 0 Å². The third kappa shape index (κ3) is 8.28. The summed E-state index contributed by atoms with van der Waals surface area (Å²) < 4.78 is 11.1. The van der Waals surface area contributed by atoms with Gasteiger partial charge in [0, 0.05) is 13.0 Å². The second-order valence-electron chi connectivity index (χ2n) is 8.25. The molecule has 0 saturated heterocycles. The summed E-state index contributed by atoms with van der Waals surface area (Å²) in [5.74, 6) is -0.765. The van der Waals surface area contributed by atoms with Gasteiger partial charge in [0.25, 0.3) is 0 Å². The molecule has 0 heterocycles. The smallest absolute Gasteiger partial charge is 0.309 e. The number of carbonyl (C=O) groups is 2. The van der Waals surface area contributed by atoms with E-state index in [1.54, 1.807) is 21.0 Å². The number of aliphatic hydroxyl groups is 2. The number of methoxy groups -OCH3 is 1. The quantitative estimate of drug-likeness (QED) is 0.350. The normalized spacial score (nSPS) is 20.6.